The second-order valence-electron chi connectivity index (χ2n) is 4.42. The number of hydrogen-bond donors (Lipinski definition) is 2. The largest absolute Gasteiger partial charge is 0.482 e. The lowest BCUT2D eigenvalue weighted by Crippen LogP contribution is -2.29. The highest BCUT2D eigenvalue weighted by molar-refractivity contribution is 6.32. The molecule has 0 aromatic heterocycles. The van der Waals surface area contributed by atoms with Crippen LogP contribution in [0.1, 0.15) is 25.7 Å². The van der Waals surface area contributed by atoms with Crippen LogP contribution in [0, 0.1) is 5.82 Å². The van der Waals surface area contributed by atoms with Crippen LogP contribution in [0.25, 0.3) is 0 Å². The predicted molar refractivity (Wildman–Crippen MR) is 76.0 cm³/mol. The number of nitrogens with one attached hydrogen (secondary N) is 1. The minimum atomic E-state index is -0.816. The maximum absolute atomic E-state index is 12.8. The first-order valence-electron chi connectivity index (χ1n) is 6.55. The van der Waals surface area contributed by atoms with Crippen molar-refractivity contribution in [2.45, 2.75) is 25.7 Å². The number of carbonyl (C=O) groups is 2. The smallest absolute Gasteiger partial charge is 0.303 e. The van der Waals surface area contributed by atoms with Crippen LogP contribution in [0.2, 0.25) is 5.02 Å². The molecule has 1 aromatic rings. The van der Waals surface area contributed by atoms with Gasteiger partial charge in [0, 0.05) is 13.0 Å². The van der Waals surface area contributed by atoms with Crippen molar-refractivity contribution in [3.63, 3.8) is 0 Å². The number of carbonyl (C=O) groups excluding carboxylic acids is 1. The Morgan fingerprint density at radius 1 is 1.29 bits per heavy atom. The molecule has 116 valence electrons. The molecule has 1 amide bonds. The average Bonchev–Trinajstić information content (AvgIpc) is 2.41. The molecule has 0 aliphatic rings. The Labute approximate surface area is 127 Å². The highest BCUT2D eigenvalue weighted by atomic mass is 35.5. The summed E-state index contributed by atoms with van der Waals surface area (Å²) in [6, 6.07) is 3.66. The Kier molecular flexibility index (Phi) is 7.53. The van der Waals surface area contributed by atoms with E-state index < -0.39 is 11.8 Å². The SMILES string of the molecule is O=C(O)CCCCCNC(=O)COc1ccc(F)cc1Cl. The fraction of sp³-hybridized carbons (Fsp3) is 0.429. The number of halogens is 2. The molecule has 1 aromatic carbocycles. The first-order chi connectivity index (χ1) is 9.99. The summed E-state index contributed by atoms with van der Waals surface area (Å²) >= 11 is 5.76. The summed E-state index contributed by atoms with van der Waals surface area (Å²) in [5.41, 5.74) is 0. The zero-order chi connectivity index (χ0) is 15.7. The van der Waals surface area contributed by atoms with E-state index in [0.29, 0.717) is 19.4 Å². The monoisotopic (exact) mass is 317 g/mol. The zero-order valence-electron chi connectivity index (χ0n) is 11.4. The van der Waals surface area contributed by atoms with Gasteiger partial charge in [0.1, 0.15) is 11.6 Å². The van der Waals surface area contributed by atoms with Crippen molar-refractivity contribution in [2.75, 3.05) is 13.2 Å². The van der Waals surface area contributed by atoms with E-state index in [0.717, 1.165) is 12.5 Å². The van der Waals surface area contributed by atoms with Gasteiger partial charge in [0.2, 0.25) is 0 Å². The normalized spacial score (nSPS) is 10.2. The molecule has 2 N–H and O–H groups in total. The van der Waals surface area contributed by atoms with Gasteiger partial charge in [0.25, 0.3) is 5.91 Å². The molecule has 7 heteroatoms. The lowest BCUT2D eigenvalue weighted by atomic mass is 10.2. The van der Waals surface area contributed by atoms with Gasteiger partial charge >= 0.3 is 5.97 Å². The van der Waals surface area contributed by atoms with E-state index >= 15 is 0 Å². The molecule has 0 saturated heterocycles. The number of benzene rings is 1. The maximum Gasteiger partial charge on any atom is 0.303 e. The van der Waals surface area contributed by atoms with Crippen LogP contribution in [-0.4, -0.2) is 30.1 Å². The molecule has 0 aliphatic carbocycles. The van der Waals surface area contributed by atoms with Gasteiger partial charge in [-0.1, -0.05) is 18.0 Å². The Bertz CT molecular complexity index is 496. The van der Waals surface area contributed by atoms with Crippen molar-refractivity contribution in [1.29, 1.82) is 0 Å². The minimum absolute atomic E-state index is 0.108. The van der Waals surface area contributed by atoms with Gasteiger partial charge in [-0.25, -0.2) is 4.39 Å². The van der Waals surface area contributed by atoms with Gasteiger partial charge in [-0.15, -0.1) is 0 Å². The number of aliphatic carboxylic acids is 1. The lowest BCUT2D eigenvalue weighted by molar-refractivity contribution is -0.137. The number of unbranched alkanes of at least 4 members (excludes halogenated alkanes) is 2. The van der Waals surface area contributed by atoms with Crippen molar-refractivity contribution < 1.29 is 23.8 Å². The third-order valence-corrected chi connectivity index (χ3v) is 2.94. The molecule has 0 radical (unpaired) electrons. The number of amides is 1. The van der Waals surface area contributed by atoms with Crippen LogP contribution in [0.4, 0.5) is 4.39 Å². The lowest BCUT2D eigenvalue weighted by Gasteiger charge is -2.08. The molecular weight excluding hydrogens is 301 g/mol. The van der Waals surface area contributed by atoms with E-state index in [1.165, 1.54) is 12.1 Å². The summed E-state index contributed by atoms with van der Waals surface area (Å²) in [7, 11) is 0. The number of carboxylic acids is 1. The van der Waals surface area contributed by atoms with Gasteiger partial charge in [-0.3, -0.25) is 9.59 Å². The molecule has 1 rings (SSSR count). The van der Waals surface area contributed by atoms with E-state index in [-0.39, 0.29) is 29.7 Å². The first-order valence-corrected chi connectivity index (χ1v) is 6.93. The second kappa shape index (κ2) is 9.18. The molecule has 0 bridgehead atoms. The summed E-state index contributed by atoms with van der Waals surface area (Å²) in [4.78, 5) is 21.8. The van der Waals surface area contributed by atoms with Crippen molar-refractivity contribution >= 4 is 23.5 Å². The molecule has 21 heavy (non-hydrogen) atoms. The molecule has 0 fully saturated rings. The highest BCUT2D eigenvalue weighted by Crippen LogP contribution is 2.24. The summed E-state index contributed by atoms with van der Waals surface area (Å²) in [5, 5.41) is 11.2. The van der Waals surface area contributed by atoms with Crippen LogP contribution in [-0.2, 0) is 9.59 Å². The molecule has 0 heterocycles. The van der Waals surface area contributed by atoms with E-state index in [2.05, 4.69) is 5.32 Å². The van der Waals surface area contributed by atoms with Crippen molar-refractivity contribution in [1.82, 2.24) is 5.32 Å². The standard InChI is InChI=1S/C14H17ClFNO4/c15-11-8-10(16)5-6-12(11)21-9-13(18)17-7-3-1-2-4-14(19)20/h5-6,8H,1-4,7,9H2,(H,17,18)(H,19,20). The minimum Gasteiger partial charge on any atom is -0.482 e. The predicted octanol–water partition coefficient (Wildman–Crippen LogP) is 2.62. The summed E-state index contributed by atoms with van der Waals surface area (Å²) < 4.78 is 18.0. The van der Waals surface area contributed by atoms with Gasteiger partial charge in [-0.2, -0.15) is 0 Å². The average molecular weight is 318 g/mol. The molecular formula is C14H17ClFNO4. The van der Waals surface area contributed by atoms with Crippen LogP contribution in [0.3, 0.4) is 0 Å². The van der Waals surface area contributed by atoms with E-state index in [1.807, 2.05) is 0 Å². The van der Waals surface area contributed by atoms with Crippen LogP contribution >= 0.6 is 11.6 Å². The molecule has 0 saturated carbocycles. The topological polar surface area (TPSA) is 75.6 Å². The number of ether oxygens (including phenoxy) is 1. The van der Waals surface area contributed by atoms with Crippen LogP contribution in [0.5, 0.6) is 5.75 Å². The Hall–Kier alpha value is -1.82. The number of carboxylic acid groups (broad SMARTS) is 1. The van der Waals surface area contributed by atoms with E-state index in [4.69, 9.17) is 21.4 Å². The zero-order valence-corrected chi connectivity index (χ0v) is 12.2. The fourth-order valence-corrected chi connectivity index (χ4v) is 1.81. The van der Waals surface area contributed by atoms with Gasteiger partial charge in [-0.05, 0) is 31.0 Å². The van der Waals surface area contributed by atoms with Crippen LogP contribution in [0.15, 0.2) is 18.2 Å². The Morgan fingerprint density at radius 2 is 2.05 bits per heavy atom. The second-order valence-corrected chi connectivity index (χ2v) is 4.82. The van der Waals surface area contributed by atoms with Crippen molar-refractivity contribution in [3.05, 3.63) is 29.0 Å². The molecule has 0 unspecified atom stereocenters. The van der Waals surface area contributed by atoms with Gasteiger partial charge in [0.05, 0.1) is 5.02 Å². The van der Waals surface area contributed by atoms with E-state index in [1.54, 1.807) is 0 Å². The van der Waals surface area contributed by atoms with Crippen molar-refractivity contribution in [2.24, 2.45) is 0 Å². The Balaban J connectivity index is 2.15. The third kappa shape index (κ3) is 7.51. The summed E-state index contributed by atoms with van der Waals surface area (Å²) in [6.45, 7) is 0.249. The summed E-state index contributed by atoms with van der Waals surface area (Å²) in [5.74, 6) is -1.36. The number of hydrogen-bond acceptors (Lipinski definition) is 3. The molecule has 0 spiro atoms. The Morgan fingerprint density at radius 3 is 2.71 bits per heavy atom. The maximum atomic E-state index is 12.8. The molecule has 0 atom stereocenters. The third-order valence-electron chi connectivity index (χ3n) is 2.64. The van der Waals surface area contributed by atoms with Crippen LogP contribution < -0.4 is 10.1 Å². The quantitative estimate of drug-likeness (QED) is 0.686. The van der Waals surface area contributed by atoms with Crippen molar-refractivity contribution in [3.8, 4) is 5.75 Å². The molecule has 5 nitrogen and oxygen atoms in total. The van der Waals surface area contributed by atoms with Gasteiger partial charge < -0.3 is 15.2 Å². The molecule has 0 aliphatic heterocycles. The van der Waals surface area contributed by atoms with E-state index in [9.17, 15) is 14.0 Å². The van der Waals surface area contributed by atoms with Gasteiger partial charge in [0.15, 0.2) is 6.61 Å². The highest BCUT2D eigenvalue weighted by Gasteiger charge is 2.06. The summed E-state index contributed by atoms with van der Waals surface area (Å²) in [6.07, 6.45) is 2.17. The number of rotatable bonds is 9. The fourth-order valence-electron chi connectivity index (χ4n) is 1.59. The first kappa shape index (κ1) is 17.2.